The second-order valence-corrected chi connectivity index (χ2v) is 8.25. The summed E-state index contributed by atoms with van der Waals surface area (Å²) in [5.41, 5.74) is 1.94. The zero-order valence-electron chi connectivity index (χ0n) is 13.7. The van der Waals surface area contributed by atoms with E-state index in [0.29, 0.717) is 38.0 Å². The van der Waals surface area contributed by atoms with Gasteiger partial charge in [0.1, 0.15) is 0 Å². The highest BCUT2D eigenvalue weighted by atomic mass is 35.5. The van der Waals surface area contributed by atoms with Crippen molar-refractivity contribution in [2.45, 2.75) is 6.42 Å². The molecule has 0 radical (unpaired) electrons. The molecule has 0 bridgehead atoms. The van der Waals surface area contributed by atoms with E-state index in [-0.39, 0.29) is 26.5 Å². The lowest BCUT2D eigenvalue weighted by Gasteiger charge is -2.18. The molecule has 0 saturated heterocycles. The summed E-state index contributed by atoms with van der Waals surface area (Å²) >= 11 is 37.6. The largest absolute Gasteiger partial charge is 0.481 e. The molecule has 2 aromatic carbocycles. The minimum absolute atomic E-state index is 0.236. The maximum Gasteiger partial charge on any atom is 0.307 e. The van der Waals surface area contributed by atoms with Crippen molar-refractivity contribution < 1.29 is 9.90 Å². The van der Waals surface area contributed by atoms with Crippen LogP contribution in [0.15, 0.2) is 36.5 Å². The van der Waals surface area contributed by atoms with Crippen LogP contribution in [-0.4, -0.2) is 16.1 Å². The van der Waals surface area contributed by atoms with Gasteiger partial charge in [-0.1, -0.05) is 69.6 Å². The van der Waals surface area contributed by atoms with Crippen LogP contribution in [0.2, 0.25) is 30.1 Å². The lowest BCUT2D eigenvalue weighted by molar-refractivity contribution is -0.136. The number of rotatable bonds is 4. The number of aromatic nitrogens is 1. The number of hydrogen-bond donors (Lipinski definition) is 1. The summed E-state index contributed by atoms with van der Waals surface area (Å²) in [5, 5.41) is 11.0. The molecule has 3 aromatic rings. The maximum absolute atomic E-state index is 11.4. The van der Waals surface area contributed by atoms with Gasteiger partial charge in [-0.2, -0.15) is 0 Å². The van der Waals surface area contributed by atoms with Crippen LogP contribution in [0.1, 0.15) is 5.56 Å². The van der Waals surface area contributed by atoms with Crippen LogP contribution in [0.25, 0.3) is 22.4 Å². The van der Waals surface area contributed by atoms with Crippen LogP contribution >= 0.6 is 69.6 Å². The number of nitrogens with zero attached hydrogens (tertiary/aromatic N) is 1. The summed E-state index contributed by atoms with van der Waals surface area (Å²) in [6.07, 6.45) is 1.18. The predicted octanol–water partition coefficient (Wildman–Crippen LogP) is 7.96. The summed E-state index contributed by atoms with van der Waals surface area (Å²) in [6.45, 7) is 0. The minimum Gasteiger partial charge on any atom is -0.481 e. The number of carboxylic acid groups (broad SMARTS) is 1. The Morgan fingerprint density at radius 2 is 1.25 bits per heavy atom. The first kappa shape index (κ1) is 21.5. The Balaban J connectivity index is 2.43. The summed E-state index contributed by atoms with van der Waals surface area (Å²) in [5.74, 6) is -1.03. The Bertz CT molecular complexity index is 1050. The van der Waals surface area contributed by atoms with Crippen LogP contribution in [0.3, 0.4) is 0 Å². The molecular formula is C19H9Cl6NO2. The van der Waals surface area contributed by atoms with Gasteiger partial charge in [-0.3, -0.25) is 9.78 Å². The Hall–Kier alpha value is -1.20. The van der Waals surface area contributed by atoms with Gasteiger partial charge in [-0.15, -0.1) is 0 Å². The van der Waals surface area contributed by atoms with E-state index in [1.807, 2.05) is 0 Å². The Morgan fingerprint density at radius 1 is 0.786 bits per heavy atom. The predicted molar refractivity (Wildman–Crippen MR) is 117 cm³/mol. The number of pyridine rings is 1. The van der Waals surface area contributed by atoms with Crippen molar-refractivity contribution in [3.63, 3.8) is 0 Å². The van der Waals surface area contributed by atoms with Crippen LogP contribution in [0.4, 0.5) is 0 Å². The average molecular weight is 496 g/mol. The van der Waals surface area contributed by atoms with Crippen LogP contribution in [0, 0.1) is 0 Å². The van der Waals surface area contributed by atoms with Crippen molar-refractivity contribution >= 4 is 75.6 Å². The molecule has 144 valence electrons. The second kappa shape index (κ2) is 8.66. The Labute approximate surface area is 190 Å². The molecule has 0 saturated carbocycles. The normalized spacial score (nSPS) is 10.9. The molecule has 0 amide bonds. The van der Waals surface area contributed by atoms with E-state index in [1.54, 1.807) is 6.07 Å². The number of carboxylic acids is 1. The molecule has 28 heavy (non-hydrogen) atoms. The molecule has 1 heterocycles. The molecule has 0 aliphatic rings. The van der Waals surface area contributed by atoms with Crippen LogP contribution in [0.5, 0.6) is 0 Å². The number of halogens is 6. The van der Waals surface area contributed by atoms with E-state index in [1.165, 1.54) is 30.5 Å². The van der Waals surface area contributed by atoms with Gasteiger partial charge in [-0.05, 0) is 35.9 Å². The van der Waals surface area contributed by atoms with Gasteiger partial charge in [0.05, 0.1) is 32.2 Å². The van der Waals surface area contributed by atoms with E-state index >= 15 is 0 Å². The van der Waals surface area contributed by atoms with Crippen molar-refractivity contribution in [3.8, 4) is 22.4 Å². The van der Waals surface area contributed by atoms with Crippen LogP contribution < -0.4 is 0 Å². The van der Waals surface area contributed by atoms with E-state index in [2.05, 4.69) is 4.98 Å². The summed E-state index contributed by atoms with van der Waals surface area (Å²) in [4.78, 5) is 15.8. The molecular weight excluding hydrogens is 487 g/mol. The van der Waals surface area contributed by atoms with E-state index in [4.69, 9.17) is 69.6 Å². The highest BCUT2D eigenvalue weighted by molar-refractivity contribution is 6.43. The zero-order valence-corrected chi connectivity index (χ0v) is 18.3. The third-order valence-electron chi connectivity index (χ3n) is 3.88. The molecule has 3 rings (SSSR count). The highest BCUT2D eigenvalue weighted by Crippen LogP contribution is 2.46. The van der Waals surface area contributed by atoms with E-state index in [0.717, 1.165) is 0 Å². The molecule has 0 atom stereocenters. The first-order valence-corrected chi connectivity index (χ1v) is 9.95. The second-order valence-electron chi connectivity index (χ2n) is 5.75. The number of benzene rings is 2. The van der Waals surface area contributed by atoms with E-state index in [9.17, 15) is 9.90 Å². The number of hydrogen-bond acceptors (Lipinski definition) is 2. The molecule has 0 spiro atoms. The topological polar surface area (TPSA) is 50.2 Å². The summed E-state index contributed by atoms with van der Waals surface area (Å²) in [6, 6.07) is 7.63. The molecule has 0 fully saturated rings. The quantitative estimate of drug-likeness (QED) is 0.399. The lowest BCUT2D eigenvalue weighted by Crippen LogP contribution is -2.05. The Morgan fingerprint density at radius 3 is 1.71 bits per heavy atom. The molecule has 9 heteroatoms. The lowest BCUT2D eigenvalue weighted by atomic mass is 9.93. The van der Waals surface area contributed by atoms with Crippen molar-refractivity contribution in [2.24, 2.45) is 0 Å². The van der Waals surface area contributed by atoms with Gasteiger partial charge < -0.3 is 5.11 Å². The fourth-order valence-corrected chi connectivity index (χ4v) is 4.83. The van der Waals surface area contributed by atoms with Crippen molar-refractivity contribution in [1.82, 2.24) is 4.98 Å². The third-order valence-corrected chi connectivity index (χ3v) is 5.51. The first-order valence-electron chi connectivity index (χ1n) is 7.68. The molecule has 1 N–H and O–H groups in total. The molecule has 1 aromatic heterocycles. The van der Waals surface area contributed by atoms with Gasteiger partial charge >= 0.3 is 5.97 Å². The van der Waals surface area contributed by atoms with E-state index < -0.39 is 5.97 Å². The number of aliphatic carboxylic acids is 1. The Kier molecular flexibility index (Phi) is 6.65. The van der Waals surface area contributed by atoms with Gasteiger partial charge in [0.15, 0.2) is 0 Å². The van der Waals surface area contributed by atoms with Gasteiger partial charge in [0, 0.05) is 32.9 Å². The van der Waals surface area contributed by atoms with Crippen LogP contribution in [-0.2, 0) is 11.2 Å². The minimum atomic E-state index is -1.03. The summed E-state index contributed by atoms with van der Waals surface area (Å²) < 4.78 is 0. The average Bonchev–Trinajstić information content (AvgIpc) is 2.54. The standard InChI is InChI=1S/C19H9Cl6NO2/c20-9-4-11(22)17(12(23)5-9)16-8(3-15(27)28)1-2-26-19(16)18-13(24)6-10(21)7-14(18)25/h1-2,4-7H,3H2,(H,27,28). The molecule has 3 nitrogen and oxygen atoms in total. The fraction of sp³-hybridized carbons (Fsp3) is 0.0526. The van der Waals surface area contributed by atoms with Gasteiger partial charge in [0.25, 0.3) is 0 Å². The highest BCUT2D eigenvalue weighted by Gasteiger charge is 2.23. The molecule has 0 aliphatic carbocycles. The maximum atomic E-state index is 11.4. The fourth-order valence-electron chi connectivity index (χ4n) is 2.83. The van der Waals surface area contributed by atoms with Crippen molar-refractivity contribution in [1.29, 1.82) is 0 Å². The number of carbonyl (C=O) groups is 1. The monoisotopic (exact) mass is 493 g/mol. The molecule has 0 aliphatic heterocycles. The third kappa shape index (κ3) is 4.35. The summed E-state index contributed by atoms with van der Waals surface area (Å²) in [7, 11) is 0. The van der Waals surface area contributed by atoms with Crippen molar-refractivity contribution in [3.05, 3.63) is 72.2 Å². The SMILES string of the molecule is O=C(O)Cc1ccnc(-c2c(Cl)cc(Cl)cc2Cl)c1-c1c(Cl)cc(Cl)cc1Cl. The zero-order chi connectivity index (χ0) is 20.6. The van der Waals surface area contributed by atoms with Gasteiger partial charge in [0.2, 0.25) is 0 Å². The first-order chi connectivity index (χ1) is 13.2. The molecule has 0 unspecified atom stereocenters. The van der Waals surface area contributed by atoms with Gasteiger partial charge in [-0.25, -0.2) is 0 Å². The van der Waals surface area contributed by atoms with Crippen molar-refractivity contribution in [2.75, 3.05) is 0 Å². The smallest absolute Gasteiger partial charge is 0.307 e.